The number of rotatable bonds is 3. The van der Waals surface area contributed by atoms with E-state index in [1.807, 2.05) is 21.7 Å². The highest BCUT2D eigenvalue weighted by Crippen LogP contribution is 2.12. The van der Waals surface area contributed by atoms with Crippen LogP contribution in [-0.4, -0.2) is 52.8 Å². The normalized spacial score (nSPS) is 15.2. The first-order valence-corrected chi connectivity index (χ1v) is 8.88. The second-order valence-electron chi connectivity index (χ2n) is 5.78. The highest BCUT2D eigenvalue weighted by molar-refractivity contribution is 7.08. The van der Waals surface area contributed by atoms with Gasteiger partial charge in [-0.1, -0.05) is 6.07 Å². The molecule has 3 heterocycles. The lowest BCUT2D eigenvalue weighted by Gasteiger charge is -2.22. The van der Waals surface area contributed by atoms with Crippen LogP contribution in [0.3, 0.4) is 0 Å². The average molecular weight is 344 g/mol. The zero-order valence-corrected chi connectivity index (χ0v) is 14.2. The van der Waals surface area contributed by atoms with Crippen LogP contribution in [0.1, 0.15) is 22.5 Å². The van der Waals surface area contributed by atoms with Crippen LogP contribution < -0.4 is 5.73 Å². The summed E-state index contributed by atoms with van der Waals surface area (Å²) in [4.78, 5) is 32.6. The smallest absolute Gasteiger partial charge is 0.272 e. The SMILES string of the molecule is Nc1cccc(C(=O)N2CCCN(C(=O)Cc3ccsc3)CC2)n1. The van der Waals surface area contributed by atoms with E-state index in [1.54, 1.807) is 34.4 Å². The molecule has 1 saturated heterocycles. The molecule has 7 heteroatoms. The van der Waals surface area contributed by atoms with Crippen LogP contribution in [0, 0.1) is 0 Å². The number of nitrogens with two attached hydrogens (primary N) is 1. The van der Waals surface area contributed by atoms with Crippen molar-refractivity contribution in [1.29, 1.82) is 0 Å². The van der Waals surface area contributed by atoms with E-state index in [1.165, 1.54) is 0 Å². The highest BCUT2D eigenvalue weighted by atomic mass is 32.1. The molecule has 1 aliphatic heterocycles. The Morgan fingerprint density at radius 3 is 2.67 bits per heavy atom. The fourth-order valence-corrected chi connectivity index (χ4v) is 3.45. The van der Waals surface area contributed by atoms with Crippen LogP contribution in [0.25, 0.3) is 0 Å². The maximum absolute atomic E-state index is 12.5. The predicted molar refractivity (Wildman–Crippen MR) is 93.8 cm³/mol. The van der Waals surface area contributed by atoms with Gasteiger partial charge in [-0.3, -0.25) is 9.59 Å². The molecule has 1 fully saturated rings. The molecule has 1 aliphatic rings. The van der Waals surface area contributed by atoms with Gasteiger partial charge in [0.05, 0.1) is 6.42 Å². The fraction of sp³-hybridized carbons (Fsp3) is 0.353. The molecule has 0 unspecified atom stereocenters. The van der Waals surface area contributed by atoms with Crippen LogP contribution in [0.15, 0.2) is 35.0 Å². The molecule has 2 N–H and O–H groups in total. The zero-order chi connectivity index (χ0) is 16.9. The monoisotopic (exact) mass is 344 g/mol. The van der Waals surface area contributed by atoms with Gasteiger partial charge in [0, 0.05) is 26.2 Å². The van der Waals surface area contributed by atoms with Crippen LogP contribution in [-0.2, 0) is 11.2 Å². The van der Waals surface area contributed by atoms with Crippen molar-refractivity contribution >= 4 is 29.0 Å². The molecule has 6 nitrogen and oxygen atoms in total. The molecule has 24 heavy (non-hydrogen) atoms. The lowest BCUT2D eigenvalue weighted by atomic mass is 10.2. The van der Waals surface area contributed by atoms with E-state index < -0.39 is 0 Å². The largest absolute Gasteiger partial charge is 0.384 e. The van der Waals surface area contributed by atoms with Crippen molar-refractivity contribution in [3.8, 4) is 0 Å². The summed E-state index contributed by atoms with van der Waals surface area (Å²) in [6, 6.07) is 7.03. The van der Waals surface area contributed by atoms with E-state index in [-0.39, 0.29) is 11.8 Å². The van der Waals surface area contributed by atoms with E-state index >= 15 is 0 Å². The Hall–Kier alpha value is -2.41. The highest BCUT2D eigenvalue weighted by Gasteiger charge is 2.23. The van der Waals surface area contributed by atoms with Gasteiger partial charge in [-0.2, -0.15) is 11.3 Å². The van der Waals surface area contributed by atoms with Crippen LogP contribution in [0.4, 0.5) is 5.82 Å². The summed E-state index contributed by atoms with van der Waals surface area (Å²) in [5.74, 6) is 0.322. The second kappa shape index (κ2) is 7.44. The van der Waals surface area contributed by atoms with Gasteiger partial charge in [0.15, 0.2) is 0 Å². The van der Waals surface area contributed by atoms with Gasteiger partial charge in [0.2, 0.25) is 5.91 Å². The van der Waals surface area contributed by atoms with E-state index in [0.29, 0.717) is 44.1 Å². The number of carbonyl (C=O) groups excluding carboxylic acids is 2. The molecular formula is C17H20N4O2S. The molecule has 2 aromatic heterocycles. The van der Waals surface area contributed by atoms with Crippen molar-refractivity contribution in [3.05, 3.63) is 46.3 Å². The Balaban J connectivity index is 1.60. The van der Waals surface area contributed by atoms with E-state index in [2.05, 4.69) is 4.98 Å². The van der Waals surface area contributed by atoms with E-state index in [0.717, 1.165) is 12.0 Å². The first kappa shape index (κ1) is 16.4. The van der Waals surface area contributed by atoms with Gasteiger partial charge in [0.1, 0.15) is 11.5 Å². The van der Waals surface area contributed by atoms with Gasteiger partial charge < -0.3 is 15.5 Å². The summed E-state index contributed by atoms with van der Waals surface area (Å²) in [5.41, 5.74) is 7.05. The predicted octanol–water partition coefficient (Wildman–Crippen LogP) is 1.64. The minimum absolute atomic E-state index is 0.116. The van der Waals surface area contributed by atoms with Gasteiger partial charge >= 0.3 is 0 Å². The quantitative estimate of drug-likeness (QED) is 0.918. The van der Waals surface area contributed by atoms with Crippen molar-refractivity contribution < 1.29 is 9.59 Å². The molecule has 0 saturated carbocycles. The lowest BCUT2D eigenvalue weighted by Crippen LogP contribution is -2.38. The number of hydrogen-bond donors (Lipinski definition) is 1. The van der Waals surface area contributed by atoms with Gasteiger partial charge in [-0.25, -0.2) is 4.98 Å². The summed E-state index contributed by atoms with van der Waals surface area (Å²) >= 11 is 1.59. The molecule has 126 valence electrons. The number of anilines is 1. The Morgan fingerprint density at radius 2 is 1.92 bits per heavy atom. The van der Waals surface area contributed by atoms with Crippen molar-refractivity contribution in [1.82, 2.24) is 14.8 Å². The number of hydrogen-bond acceptors (Lipinski definition) is 5. The van der Waals surface area contributed by atoms with Gasteiger partial charge in [0.25, 0.3) is 5.91 Å². The number of amides is 2. The lowest BCUT2D eigenvalue weighted by molar-refractivity contribution is -0.130. The molecule has 2 amide bonds. The maximum atomic E-state index is 12.5. The summed E-state index contributed by atoms with van der Waals surface area (Å²) in [7, 11) is 0. The first-order valence-electron chi connectivity index (χ1n) is 7.94. The maximum Gasteiger partial charge on any atom is 0.272 e. The van der Waals surface area contributed by atoms with E-state index in [4.69, 9.17) is 5.73 Å². The third kappa shape index (κ3) is 3.91. The van der Waals surface area contributed by atoms with Crippen molar-refractivity contribution in [2.45, 2.75) is 12.8 Å². The molecule has 0 radical (unpaired) electrons. The van der Waals surface area contributed by atoms with Crippen molar-refractivity contribution in [2.24, 2.45) is 0 Å². The number of pyridine rings is 1. The van der Waals surface area contributed by atoms with Gasteiger partial charge in [-0.15, -0.1) is 0 Å². The Kier molecular flexibility index (Phi) is 5.10. The molecular weight excluding hydrogens is 324 g/mol. The number of nitrogens with zero attached hydrogens (tertiary/aromatic N) is 3. The second-order valence-corrected chi connectivity index (χ2v) is 6.56. The molecule has 0 atom stereocenters. The summed E-state index contributed by atoms with van der Waals surface area (Å²) < 4.78 is 0. The third-order valence-corrected chi connectivity index (χ3v) is 4.79. The molecule has 0 bridgehead atoms. The van der Waals surface area contributed by atoms with Crippen molar-refractivity contribution in [3.63, 3.8) is 0 Å². The first-order chi connectivity index (χ1) is 11.6. The van der Waals surface area contributed by atoms with Crippen LogP contribution in [0.2, 0.25) is 0 Å². The minimum atomic E-state index is -0.130. The molecule has 0 spiro atoms. The summed E-state index contributed by atoms with van der Waals surface area (Å²) in [6.45, 7) is 2.37. The standard InChI is InChI=1S/C17H20N4O2S/c18-15-4-1-3-14(19-15)17(23)21-7-2-6-20(8-9-21)16(22)11-13-5-10-24-12-13/h1,3-5,10,12H,2,6-9,11H2,(H2,18,19). The molecule has 0 aromatic carbocycles. The molecule has 0 aliphatic carbocycles. The summed E-state index contributed by atoms with van der Waals surface area (Å²) in [5, 5.41) is 3.97. The number of carbonyl (C=O) groups is 2. The Labute approximate surface area is 144 Å². The number of aromatic nitrogens is 1. The topological polar surface area (TPSA) is 79.5 Å². The molecule has 2 aromatic rings. The number of thiophene rings is 1. The van der Waals surface area contributed by atoms with Crippen molar-refractivity contribution in [2.75, 3.05) is 31.9 Å². The number of nitrogen functional groups attached to an aromatic ring is 1. The van der Waals surface area contributed by atoms with Crippen LogP contribution in [0.5, 0.6) is 0 Å². The zero-order valence-electron chi connectivity index (χ0n) is 13.4. The molecule has 3 rings (SSSR count). The van der Waals surface area contributed by atoms with Crippen LogP contribution >= 0.6 is 11.3 Å². The average Bonchev–Trinajstić information content (AvgIpc) is 2.95. The third-order valence-electron chi connectivity index (χ3n) is 4.06. The summed E-state index contributed by atoms with van der Waals surface area (Å²) in [6.07, 6.45) is 1.19. The Bertz CT molecular complexity index is 717. The van der Waals surface area contributed by atoms with Gasteiger partial charge in [-0.05, 0) is 40.9 Å². The fourth-order valence-electron chi connectivity index (χ4n) is 2.78. The Morgan fingerprint density at radius 1 is 1.12 bits per heavy atom. The van der Waals surface area contributed by atoms with E-state index in [9.17, 15) is 9.59 Å². The minimum Gasteiger partial charge on any atom is -0.384 e.